The fourth-order valence-electron chi connectivity index (χ4n) is 4.37. The van der Waals surface area contributed by atoms with Gasteiger partial charge in [0.15, 0.2) is 0 Å². The monoisotopic (exact) mass is 554 g/mol. The number of carbonyl (C=O) groups excluding carboxylic acids is 3. The van der Waals surface area contributed by atoms with Gasteiger partial charge in [-0.05, 0) is 81.5 Å². The highest BCUT2D eigenvalue weighted by atomic mass is 79.9. The lowest BCUT2D eigenvalue weighted by Gasteiger charge is -2.27. The van der Waals surface area contributed by atoms with Crippen LogP contribution in [0, 0.1) is 13.8 Å². The number of urea groups is 1. The molecule has 4 aromatic rings. The van der Waals surface area contributed by atoms with Crippen LogP contribution >= 0.6 is 15.9 Å². The molecule has 4 aromatic carbocycles. The summed E-state index contributed by atoms with van der Waals surface area (Å²) in [7, 11) is 0. The Kier molecular flexibility index (Phi) is 6.63. The number of ether oxygens (including phenoxy) is 1. The summed E-state index contributed by atoms with van der Waals surface area (Å²) in [5.74, 6) is -0.778. The Hall–Kier alpha value is -4.23. The van der Waals surface area contributed by atoms with Crippen molar-refractivity contribution in [2.24, 2.45) is 0 Å². The third-order valence-electron chi connectivity index (χ3n) is 6.37. The van der Waals surface area contributed by atoms with Crippen molar-refractivity contribution >= 4 is 56.3 Å². The number of rotatable bonds is 5. The smallest absolute Gasteiger partial charge is 0.335 e. The van der Waals surface area contributed by atoms with Gasteiger partial charge >= 0.3 is 6.03 Å². The average molecular weight is 555 g/mol. The molecule has 4 amide bonds. The Balaban J connectivity index is 1.40. The van der Waals surface area contributed by atoms with Gasteiger partial charge in [0.05, 0.1) is 10.2 Å². The minimum Gasteiger partial charge on any atom is -0.488 e. The number of aryl methyl sites for hydroxylation is 2. The predicted molar refractivity (Wildman–Crippen MR) is 147 cm³/mol. The number of para-hydroxylation sites is 1. The van der Waals surface area contributed by atoms with Crippen molar-refractivity contribution in [3.8, 4) is 5.75 Å². The number of barbiturate groups is 1. The van der Waals surface area contributed by atoms with Gasteiger partial charge in [0.25, 0.3) is 11.8 Å². The number of anilines is 1. The Morgan fingerprint density at radius 3 is 2.43 bits per heavy atom. The maximum absolute atomic E-state index is 13.2. The molecule has 1 N–H and O–H groups in total. The first-order chi connectivity index (χ1) is 17.8. The molecular formula is C30H23BrN2O4. The molecule has 1 saturated heterocycles. The maximum atomic E-state index is 13.2. The van der Waals surface area contributed by atoms with Gasteiger partial charge in [-0.15, -0.1) is 0 Å². The SMILES string of the molecule is Cc1ccccc1N1C(=O)NC(=O)/C(=C\c2ccc(OCc3c(C)ccc4ccccc34)c(Br)c2)C1=O. The Morgan fingerprint density at radius 2 is 1.65 bits per heavy atom. The number of amides is 4. The van der Waals surface area contributed by atoms with Crippen LogP contribution in [0.25, 0.3) is 16.8 Å². The number of carbonyl (C=O) groups is 3. The van der Waals surface area contributed by atoms with E-state index in [1.54, 1.807) is 43.3 Å². The van der Waals surface area contributed by atoms with Crippen LogP contribution in [-0.2, 0) is 16.2 Å². The highest BCUT2D eigenvalue weighted by Crippen LogP contribution is 2.31. The summed E-state index contributed by atoms with van der Waals surface area (Å²) in [6.07, 6.45) is 1.47. The van der Waals surface area contributed by atoms with E-state index in [1.807, 2.05) is 18.2 Å². The largest absolute Gasteiger partial charge is 0.488 e. The minimum absolute atomic E-state index is 0.130. The van der Waals surface area contributed by atoms with E-state index in [2.05, 4.69) is 52.4 Å². The van der Waals surface area contributed by atoms with E-state index < -0.39 is 17.8 Å². The molecular weight excluding hydrogens is 532 g/mol. The van der Waals surface area contributed by atoms with E-state index in [0.717, 1.165) is 32.4 Å². The molecule has 7 heteroatoms. The van der Waals surface area contributed by atoms with E-state index in [4.69, 9.17) is 4.74 Å². The van der Waals surface area contributed by atoms with Crippen molar-refractivity contribution in [1.29, 1.82) is 0 Å². The van der Waals surface area contributed by atoms with E-state index in [-0.39, 0.29) is 5.57 Å². The van der Waals surface area contributed by atoms with Crippen molar-refractivity contribution in [1.82, 2.24) is 5.32 Å². The first-order valence-electron chi connectivity index (χ1n) is 11.7. The lowest BCUT2D eigenvalue weighted by atomic mass is 10.0. The number of nitrogens with zero attached hydrogens (tertiary/aromatic N) is 1. The molecule has 1 fully saturated rings. The zero-order valence-electron chi connectivity index (χ0n) is 20.2. The lowest BCUT2D eigenvalue weighted by molar-refractivity contribution is -0.122. The van der Waals surface area contributed by atoms with Crippen molar-refractivity contribution in [2.45, 2.75) is 20.5 Å². The van der Waals surface area contributed by atoms with Crippen LogP contribution in [0.4, 0.5) is 10.5 Å². The van der Waals surface area contributed by atoms with Crippen LogP contribution in [0.15, 0.2) is 88.9 Å². The van der Waals surface area contributed by atoms with E-state index in [9.17, 15) is 14.4 Å². The summed E-state index contributed by atoms with van der Waals surface area (Å²) in [6.45, 7) is 4.25. The second-order valence-electron chi connectivity index (χ2n) is 8.81. The molecule has 37 heavy (non-hydrogen) atoms. The molecule has 1 aliphatic heterocycles. The summed E-state index contributed by atoms with van der Waals surface area (Å²) in [5, 5.41) is 4.56. The number of fused-ring (bicyclic) bond motifs is 1. The predicted octanol–water partition coefficient (Wildman–Crippen LogP) is 6.46. The van der Waals surface area contributed by atoms with Crippen molar-refractivity contribution in [2.75, 3.05) is 4.90 Å². The van der Waals surface area contributed by atoms with Crippen LogP contribution < -0.4 is 15.0 Å². The fourth-order valence-corrected chi connectivity index (χ4v) is 4.88. The van der Waals surface area contributed by atoms with Gasteiger partial charge in [-0.1, -0.05) is 60.7 Å². The fraction of sp³-hybridized carbons (Fsp3) is 0.100. The molecule has 0 atom stereocenters. The number of halogens is 1. The summed E-state index contributed by atoms with van der Waals surface area (Å²) in [5.41, 5.74) is 3.91. The zero-order valence-corrected chi connectivity index (χ0v) is 21.8. The first kappa shape index (κ1) is 24.5. The summed E-state index contributed by atoms with van der Waals surface area (Å²) in [4.78, 5) is 39.2. The first-order valence-corrected chi connectivity index (χ1v) is 12.5. The third kappa shape index (κ3) is 4.78. The third-order valence-corrected chi connectivity index (χ3v) is 6.99. The quantitative estimate of drug-likeness (QED) is 0.227. The Bertz CT molecular complexity index is 1610. The van der Waals surface area contributed by atoms with E-state index >= 15 is 0 Å². The van der Waals surface area contributed by atoms with Crippen molar-refractivity contribution in [3.63, 3.8) is 0 Å². The number of imide groups is 2. The van der Waals surface area contributed by atoms with Crippen molar-refractivity contribution in [3.05, 3.63) is 111 Å². The normalized spacial score (nSPS) is 14.8. The van der Waals surface area contributed by atoms with Gasteiger partial charge in [-0.2, -0.15) is 0 Å². The molecule has 1 aliphatic rings. The molecule has 5 rings (SSSR count). The van der Waals surface area contributed by atoms with Crippen LogP contribution in [0.3, 0.4) is 0 Å². The highest BCUT2D eigenvalue weighted by molar-refractivity contribution is 9.10. The molecule has 0 spiro atoms. The zero-order chi connectivity index (χ0) is 26.1. The summed E-state index contributed by atoms with van der Waals surface area (Å²) in [6, 6.07) is 23.9. The molecule has 0 radical (unpaired) electrons. The van der Waals surface area contributed by atoms with Crippen molar-refractivity contribution < 1.29 is 19.1 Å². The lowest BCUT2D eigenvalue weighted by Crippen LogP contribution is -2.54. The number of nitrogens with one attached hydrogen (secondary N) is 1. The average Bonchev–Trinajstić information content (AvgIpc) is 2.88. The molecule has 0 aromatic heterocycles. The van der Waals surface area contributed by atoms with Crippen LogP contribution in [0.1, 0.15) is 22.3 Å². The Labute approximate surface area is 222 Å². The standard InChI is InChI=1S/C30H23BrN2O4/c1-18-11-13-21-8-4-5-9-22(21)24(18)17-37-27-14-12-20(16-25(27)31)15-23-28(34)32-30(36)33(29(23)35)26-10-6-3-7-19(26)2/h3-16H,17H2,1-2H3,(H,32,34,36)/b23-15+. The topological polar surface area (TPSA) is 75.7 Å². The highest BCUT2D eigenvalue weighted by Gasteiger charge is 2.37. The molecule has 1 heterocycles. The minimum atomic E-state index is -0.768. The van der Waals surface area contributed by atoms with Crippen LogP contribution in [-0.4, -0.2) is 17.8 Å². The molecule has 0 saturated carbocycles. The summed E-state index contributed by atoms with van der Waals surface area (Å²) < 4.78 is 6.81. The van der Waals surface area contributed by atoms with Gasteiger partial charge < -0.3 is 4.74 Å². The number of hydrogen-bond donors (Lipinski definition) is 1. The van der Waals surface area contributed by atoms with E-state index in [0.29, 0.717) is 28.1 Å². The van der Waals surface area contributed by atoms with Crippen LogP contribution in [0.2, 0.25) is 0 Å². The molecule has 184 valence electrons. The van der Waals surface area contributed by atoms with Gasteiger partial charge in [-0.25, -0.2) is 9.69 Å². The number of benzene rings is 4. The van der Waals surface area contributed by atoms with E-state index in [1.165, 1.54) is 6.08 Å². The number of hydrogen-bond acceptors (Lipinski definition) is 4. The molecule has 0 unspecified atom stereocenters. The van der Waals surface area contributed by atoms with Gasteiger partial charge in [0.2, 0.25) is 0 Å². The van der Waals surface area contributed by atoms with Gasteiger partial charge in [-0.3, -0.25) is 14.9 Å². The second kappa shape index (κ2) is 10.0. The van der Waals surface area contributed by atoms with Crippen LogP contribution in [0.5, 0.6) is 5.75 Å². The molecule has 0 bridgehead atoms. The van der Waals surface area contributed by atoms with Gasteiger partial charge in [0.1, 0.15) is 17.9 Å². The maximum Gasteiger partial charge on any atom is 0.335 e. The second-order valence-corrected chi connectivity index (χ2v) is 9.66. The molecule has 6 nitrogen and oxygen atoms in total. The van der Waals surface area contributed by atoms with Gasteiger partial charge in [0, 0.05) is 5.56 Å². The Morgan fingerprint density at radius 1 is 0.892 bits per heavy atom. The summed E-state index contributed by atoms with van der Waals surface area (Å²) >= 11 is 3.55. The molecule has 0 aliphatic carbocycles.